The summed E-state index contributed by atoms with van der Waals surface area (Å²) < 4.78 is 0. The minimum atomic E-state index is 0.307. The predicted molar refractivity (Wildman–Crippen MR) is 56.5 cm³/mol. The number of amides is 1. The van der Waals surface area contributed by atoms with E-state index in [1.807, 2.05) is 25.8 Å². The smallest absolute Gasteiger partial charge is 0.222 e. The summed E-state index contributed by atoms with van der Waals surface area (Å²) in [5.41, 5.74) is 0. The van der Waals surface area contributed by atoms with Gasteiger partial charge >= 0.3 is 0 Å². The number of likely N-dealkylation sites (tertiary alicyclic amines) is 1. The van der Waals surface area contributed by atoms with Crippen LogP contribution in [0.25, 0.3) is 0 Å². The maximum absolute atomic E-state index is 11.1. The van der Waals surface area contributed by atoms with Crippen LogP contribution >= 0.6 is 0 Å². The van der Waals surface area contributed by atoms with E-state index in [1.165, 1.54) is 0 Å². The summed E-state index contributed by atoms with van der Waals surface area (Å²) in [6, 6.07) is 0. The molecule has 13 heavy (non-hydrogen) atoms. The van der Waals surface area contributed by atoms with Crippen molar-refractivity contribution in [2.24, 2.45) is 11.8 Å². The summed E-state index contributed by atoms with van der Waals surface area (Å²) in [7, 11) is 1.90. The maximum atomic E-state index is 11.1. The lowest BCUT2D eigenvalue weighted by molar-refractivity contribution is -0.133. The highest BCUT2D eigenvalue weighted by atomic mass is 16.2. The molecule has 1 atom stereocenters. The monoisotopic (exact) mass is 185 g/mol. The van der Waals surface area contributed by atoms with E-state index in [4.69, 9.17) is 0 Å². The molecule has 1 saturated heterocycles. The van der Waals surface area contributed by atoms with Crippen molar-refractivity contribution in [2.45, 2.75) is 40.5 Å². The molecule has 0 aromatic carbocycles. The Balaban J connectivity index is 0.000000671. The van der Waals surface area contributed by atoms with Crippen molar-refractivity contribution in [3.8, 4) is 0 Å². The Bertz CT molecular complexity index is 154. The van der Waals surface area contributed by atoms with Crippen molar-refractivity contribution in [3.63, 3.8) is 0 Å². The van der Waals surface area contributed by atoms with E-state index in [0.717, 1.165) is 25.3 Å². The van der Waals surface area contributed by atoms with E-state index >= 15 is 0 Å². The topological polar surface area (TPSA) is 20.3 Å². The molecule has 1 heterocycles. The van der Waals surface area contributed by atoms with Crippen molar-refractivity contribution in [1.82, 2.24) is 4.90 Å². The third-order valence-corrected chi connectivity index (χ3v) is 2.61. The first-order valence-electron chi connectivity index (χ1n) is 5.35. The number of rotatable bonds is 1. The average molecular weight is 185 g/mol. The predicted octanol–water partition coefficient (Wildman–Crippen LogP) is 2.54. The van der Waals surface area contributed by atoms with E-state index in [1.54, 1.807) is 0 Å². The van der Waals surface area contributed by atoms with Crippen molar-refractivity contribution < 1.29 is 4.79 Å². The van der Waals surface area contributed by atoms with Gasteiger partial charge in [-0.25, -0.2) is 0 Å². The second kappa shape index (κ2) is 6.01. The van der Waals surface area contributed by atoms with Gasteiger partial charge in [0, 0.05) is 20.0 Å². The van der Waals surface area contributed by atoms with Crippen LogP contribution in [0.1, 0.15) is 40.5 Å². The number of carbonyl (C=O) groups excluding carboxylic acids is 1. The van der Waals surface area contributed by atoms with Crippen LogP contribution in [0.2, 0.25) is 0 Å². The van der Waals surface area contributed by atoms with E-state index in [9.17, 15) is 4.79 Å². The van der Waals surface area contributed by atoms with Crippen molar-refractivity contribution in [2.75, 3.05) is 13.6 Å². The molecule has 1 fully saturated rings. The molecule has 0 bridgehead atoms. The molecule has 78 valence electrons. The minimum absolute atomic E-state index is 0.307. The molecule has 0 saturated carbocycles. The van der Waals surface area contributed by atoms with Gasteiger partial charge < -0.3 is 4.90 Å². The molecule has 1 aliphatic heterocycles. The van der Waals surface area contributed by atoms with Crippen LogP contribution in [-0.2, 0) is 4.79 Å². The number of hydrogen-bond acceptors (Lipinski definition) is 1. The van der Waals surface area contributed by atoms with Crippen LogP contribution in [0.15, 0.2) is 0 Å². The zero-order chi connectivity index (χ0) is 10.4. The van der Waals surface area contributed by atoms with Gasteiger partial charge in [-0.1, -0.05) is 27.7 Å². The van der Waals surface area contributed by atoms with Gasteiger partial charge in [-0.2, -0.15) is 0 Å². The molecule has 0 aromatic rings. The molecule has 2 nitrogen and oxygen atoms in total. The zero-order valence-corrected chi connectivity index (χ0v) is 9.63. The summed E-state index contributed by atoms with van der Waals surface area (Å²) in [6.45, 7) is 9.42. The third-order valence-electron chi connectivity index (χ3n) is 2.61. The molecule has 1 amide bonds. The van der Waals surface area contributed by atoms with Gasteiger partial charge in [-0.3, -0.25) is 4.79 Å². The first-order chi connectivity index (χ1) is 6.11. The molecule has 0 aliphatic carbocycles. The van der Waals surface area contributed by atoms with Gasteiger partial charge in [0.15, 0.2) is 0 Å². The SMILES string of the molecule is CC.CC(C)C1CCC(=O)N(C)C1. The quantitative estimate of drug-likeness (QED) is 0.614. The first-order valence-corrected chi connectivity index (χ1v) is 5.35. The summed E-state index contributed by atoms with van der Waals surface area (Å²) in [6.07, 6.45) is 1.83. The van der Waals surface area contributed by atoms with E-state index in [-0.39, 0.29) is 0 Å². The number of nitrogens with zero attached hydrogens (tertiary/aromatic N) is 1. The zero-order valence-electron chi connectivity index (χ0n) is 9.63. The highest BCUT2D eigenvalue weighted by Gasteiger charge is 2.24. The van der Waals surface area contributed by atoms with Gasteiger partial charge in [0.25, 0.3) is 0 Å². The Kier molecular flexibility index (Phi) is 5.76. The van der Waals surface area contributed by atoms with Crippen LogP contribution in [-0.4, -0.2) is 24.4 Å². The van der Waals surface area contributed by atoms with Crippen LogP contribution < -0.4 is 0 Å². The fraction of sp³-hybridized carbons (Fsp3) is 0.909. The van der Waals surface area contributed by atoms with Gasteiger partial charge in [0.2, 0.25) is 5.91 Å². The minimum Gasteiger partial charge on any atom is -0.345 e. The fourth-order valence-corrected chi connectivity index (χ4v) is 1.59. The lowest BCUT2D eigenvalue weighted by Crippen LogP contribution is -2.38. The maximum Gasteiger partial charge on any atom is 0.222 e. The van der Waals surface area contributed by atoms with Crippen LogP contribution in [0, 0.1) is 11.8 Å². The summed E-state index contributed by atoms with van der Waals surface area (Å²) >= 11 is 0. The molecule has 0 N–H and O–H groups in total. The van der Waals surface area contributed by atoms with E-state index in [2.05, 4.69) is 13.8 Å². The number of carbonyl (C=O) groups is 1. The van der Waals surface area contributed by atoms with Crippen molar-refractivity contribution in [3.05, 3.63) is 0 Å². The number of hydrogen-bond donors (Lipinski definition) is 0. The second-order valence-corrected chi connectivity index (χ2v) is 3.82. The number of piperidine rings is 1. The largest absolute Gasteiger partial charge is 0.345 e. The van der Waals surface area contributed by atoms with Gasteiger partial charge in [-0.05, 0) is 18.3 Å². The summed E-state index contributed by atoms with van der Waals surface area (Å²) in [5, 5.41) is 0. The molecule has 1 unspecified atom stereocenters. The van der Waals surface area contributed by atoms with Crippen LogP contribution in [0.5, 0.6) is 0 Å². The molecule has 1 aliphatic rings. The van der Waals surface area contributed by atoms with Crippen molar-refractivity contribution in [1.29, 1.82) is 0 Å². The molecule has 0 spiro atoms. The molecular weight excluding hydrogens is 162 g/mol. The standard InChI is InChI=1S/C9H17NO.C2H6/c1-7(2)8-4-5-9(11)10(3)6-8;1-2/h7-8H,4-6H2,1-3H3;1-2H3. The highest BCUT2D eigenvalue weighted by Crippen LogP contribution is 2.22. The Morgan fingerprint density at radius 3 is 2.31 bits per heavy atom. The first kappa shape index (κ1) is 12.5. The molecule has 0 aromatic heterocycles. The van der Waals surface area contributed by atoms with Gasteiger partial charge in [-0.15, -0.1) is 0 Å². The molecular formula is C11H23NO. The van der Waals surface area contributed by atoms with Gasteiger partial charge in [0.1, 0.15) is 0 Å². The average Bonchev–Trinajstić information content (AvgIpc) is 2.13. The van der Waals surface area contributed by atoms with E-state index < -0.39 is 0 Å². The Morgan fingerprint density at radius 2 is 1.92 bits per heavy atom. The van der Waals surface area contributed by atoms with Crippen LogP contribution in [0.3, 0.4) is 0 Å². The fourth-order valence-electron chi connectivity index (χ4n) is 1.59. The Hall–Kier alpha value is -0.530. The highest BCUT2D eigenvalue weighted by molar-refractivity contribution is 5.76. The lowest BCUT2D eigenvalue weighted by atomic mass is 9.88. The lowest BCUT2D eigenvalue weighted by Gasteiger charge is -2.31. The normalized spacial score (nSPS) is 22.8. The third kappa shape index (κ3) is 3.79. The van der Waals surface area contributed by atoms with Gasteiger partial charge in [0.05, 0.1) is 0 Å². The summed E-state index contributed by atoms with van der Waals surface area (Å²) in [5.74, 6) is 1.74. The van der Waals surface area contributed by atoms with Crippen LogP contribution in [0.4, 0.5) is 0 Å². The molecule has 0 radical (unpaired) electrons. The Morgan fingerprint density at radius 1 is 1.38 bits per heavy atom. The Labute approximate surface area is 82.3 Å². The second-order valence-electron chi connectivity index (χ2n) is 3.82. The van der Waals surface area contributed by atoms with Crippen molar-refractivity contribution >= 4 is 5.91 Å². The molecule has 1 rings (SSSR count). The van der Waals surface area contributed by atoms with E-state index in [0.29, 0.717) is 11.8 Å². The molecule has 2 heteroatoms. The summed E-state index contributed by atoms with van der Waals surface area (Å²) in [4.78, 5) is 12.9.